The molecular weight excluding hydrogens is 298 g/mol. The van der Waals surface area contributed by atoms with Gasteiger partial charge in [-0.25, -0.2) is 0 Å². The monoisotopic (exact) mass is 333 g/mol. The highest BCUT2D eigenvalue weighted by Gasteiger charge is 2.50. The summed E-state index contributed by atoms with van der Waals surface area (Å²) in [5, 5.41) is 0. The van der Waals surface area contributed by atoms with Crippen LogP contribution in [0.3, 0.4) is 0 Å². The molecule has 0 atom stereocenters. The molecule has 0 aromatic rings. The Morgan fingerprint density at radius 1 is 1.21 bits per heavy atom. The van der Waals surface area contributed by atoms with Crippen molar-refractivity contribution in [3.63, 3.8) is 0 Å². The van der Waals surface area contributed by atoms with Gasteiger partial charge in [-0.05, 0) is 51.9 Å². The Bertz CT molecular complexity index is 471. The number of amides is 1. The first-order valence-corrected chi connectivity index (χ1v) is 10.2. The van der Waals surface area contributed by atoms with Gasteiger partial charge in [-0.1, -0.05) is 26.2 Å². The molecule has 4 nitrogen and oxygen atoms in total. The second-order valence-corrected chi connectivity index (χ2v) is 8.38. The van der Waals surface area contributed by atoms with E-state index in [1.807, 2.05) is 4.90 Å². The van der Waals surface area contributed by atoms with Crippen LogP contribution in [0.15, 0.2) is 4.99 Å². The fraction of sp³-hybridized carbons (Fsp3) is 0.900. The SMILES string of the molecule is CCCCC1=NC2(CCN(CC3CCCC3)CC2)C(=O)N1C(C)C. The van der Waals surface area contributed by atoms with E-state index in [2.05, 4.69) is 25.7 Å². The fourth-order valence-electron chi connectivity index (χ4n) is 4.72. The summed E-state index contributed by atoms with van der Waals surface area (Å²) in [6.07, 6.45) is 10.7. The van der Waals surface area contributed by atoms with Crippen LogP contribution in [-0.2, 0) is 4.79 Å². The molecule has 0 N–H and O–H groups in total. The molecule has 1 aliphatic carbocycles. The van der Waals surface area contributed by atoms with Crippen LogP contribution in [-0.4, -0.2) is 52.8 Å². The van der Waals surface area contributed by atoms with Gasteiger partial charge < -0.3 is 4.90 Å². The molecule has 1 saturated heterocycles. The Hall–Kier alpha value is -0.900. The maximum Gasteiger partial charge on any atom is 0.256 e. The summed E-state index contributed by atoms with van der Waals surface area (Å²) >= 11 is 0. The Labute approximate surface area is 147 Å². The van der Waals surface area contributed by atoms with Gasteiger partial charge in [-0.15, -0.1) is 0 Å². The number of piperidine rings is 1. The van der Waals surface area contributed by atoms with Crippen molar-refractivity contribution >= 4 is 11.7 Å². The molecule has 2 heterocycles. The third-order valence-electron chi connectivity index (χ3n) is 6.18. The first kappa shape index (κ1) is 17.9. The normalized spacial score (nSPS) is 25.2. The standard InChI is InChI=1S/C20H35N3O/c1-4-5-10-18-21-20(19(24)23(18)16(2)3)11-13-22(14-12-20)15-17-8-6-7-9-17/h16-17H,4-15H2,1-3H3. The van der Waals surface area contributed by atoms with Gasteiger partial charge in [0, 0.05) is 32.1 Å². The molecule has 1 saturated carbocycles. The summed E-state index contributed by atoms with van der Waals surface area (Å²) < 4.78 is 0. The molecule has 0 aromatic heterocycles. The zero-order valence-corrected chi connectivity index (χ0v) is 15.9. The zero-order valence-electron chi connectivity index (χ0n) is 15.9. The van der Waals surface area contributed by atoms with E-state index in [1.54, 1.807) is 0 Å². The van der Waals surface area contributed by atoms with Gasteiger partial charge >= 0.3 is 0 Å². The van der Waals surface area contributed by atoms with Crippen LogP contribution in [0.5, 0.6) is 0 Å². The lowest BCUT2D eigenvalue weighted by atomic mass is 9.87. The number of nitrogens with zero attached hydrogens (tertiary/aromatic N) is 3. The molecule has 0 aromatic carbocycles. The summed E-state index contributed by atoms with van der Waals surface area (Å²) in [6, 6.07) is 0.226. The van der Waals surface area contributed by atoms with Gasteiger partial charge in [0.1, 0.15) is 11.4 Å². The van der Waals surface area contributed by atoms with Gasteiger partial charge in [0.15, 0.2) is 0 Å². The van der Waals surface area contributed by atoms with Crippen LogP contribution in [0, 0.1) is 5.92 Å². The van der Waals surface area contributed by atoms with E-state index < -0.39 is 5.54 Å². The molecule has 2 aliphatic heterocycles. The van der Waals surface area contributed by atoms with Crippen molar-refractivity contribution in [1.29, 1.82) is 0 Å². The Morgan fingerprint density at radius 3 is 2.46 bits per heavy atom. The van der Waals surface area contributed by atoms with Gasteiger partial charge in [0.05, 0.1) is 0 Å². The highest BCUT2D eigenvalue weighted by Crippen LogP contribution is 2.36. The lowest BCUT2D eigenvalue weighted by Crippen LogP contribution is -2.51. The van der Waals surface area contributed by atoms with E-state index in [4.69, 9.17) is 4.99 Å². The van der Waals surface area contributed by atoms with E-state index in [-0.39, 0.29) is 11.9 Å². The largest absolute Gasteiger partial charge is 0.303 e. The minimum Gasteiger partial charge on any atom is -0.303 e. The Morgan fingerprint density at radius 2 is 1.88 bits per heavy atom. The second-order valence-electron chi connectivity index (χ2n) is 8.38. The van der Waals surface area contributed by atoms with Gasteiger partial charge in [0.2, 0.25) is 0 Å². The van der Waals surface area contributed by atoms with Crippen molar-refractivity contribution < 1.29 is 4.79 Å². The van der Waals surface area contributed by atoms with E-state index in [0.29, 0.717) is 0 Å². The maximum absolute atomic E-state index is 13.1. The number of unbranched alkanes of at least 4 members (excludes halogenated alkanes) is 1. The summed E-state index contributed by atoms with van der Waals surface area (Å²) in [6.45, 7) is 9.76. The van der Waals surface area contributed by atoms with Crippen molar-refractivity contribution in [1.82, 2.24) is 9.80 Å². The zero-order chi connectivity index (χ0) is 17.2. The summed E-state index contributed by atoms with van der Waals surface area (Å²) in [5.41, 5.74) is -0.431. The average Bonchev–Trinajstić information content (AvgIpc) is 3.15. The van der Waals surface area contributed by atoms with Crippen LogP contribution < -0.4 is 0 Å². The Balaban J connectivity index is 1.64. The molecule has 0 bridgehead atoms. The number of carbonyl (C=O) groups is 1. The second kappa shape index (κ2) is 7.55. The van der Waals surface area contributed by atoms with Crippen molar-refractivity contribution in [2.75, 3.05) is 19.6 Å². The predicted octanol–water partition coefficient (Wildman–Crippen LogP) is 3.85. The lowest BCUT2D eigenvalue weighted by molar-refractivity contribution is -0.134. The highest BCUT2D eigenvalue weighted by molar-refractivity contribution is 6.08. The summed E-state index contributed by atoms with van der Waals surface area (Å²) in [7, 11) is 0. The number of hydrogen-bond donors (Lipinski definition) is 0. The van der Waals surface area contributed by atoms with Crippen molar-refractivity contribution in [3.8, 4) is 0 Å². The molecule has 24 heavy (non-hydrogen) atoms. The van der Waals surface area contributed by atoms with Crippen LogP contribution in [0.1, 0.15) is 78.6 Å². The van der Waals surface area contributed by atoms with Crippen molar-refractivity contribution in [2.45, 2.75) is 90.1 Å². The van der Waals surface area contributed by atoms with Crippen LogP contribution in [0.25, 0.3) is 0 Å². The highest BCUT2D eigenvalue weighted by atomic mass is 16.2. The topological polar surface area (TPSA) is 35.9 Å². The molecule has 2 fully saturated rings. The molecule has 0 unspecified atom stereocenters. The van der Waals surface area contributed by atoms with Gasteiger partial charge in [-0.3, -0.25) is 14.7 Å². The van der Waals surface area contributed by atoms with Crippen LogP contribution in [0.4, 0.5) is 0 Å². The first-order chi connectivity index (χ1) is 11.6. The molecule has 0 radical (unpaired) electrons. The summed E-state index contributed by atoms with van der Waals surface area (Å²) in [5.74, 6) is 2.24. The van der Waals surface area contributed by atoms with Crippen LogP contribution in [0.2, 0.25) is 0 Å². The van der Waals surface area contributed by atoms with Crippen molar-refractivity contribution in [2.24, 2.45) is 10.9 Å². The number of carbonyl (C=O) groups excluding carboxylic acids is 1. The number of rotatable bonds is 6. The van der Waals surface area contributed by atoms with E-state index >= 15 is 0 Å². The average molecular weight is 334 g/mol. The molecule has 1 spiro atoms. The fourth-order valence-corrected chi connectivity index (χ4v) is 4.72. The maximum atomic E-state index is 13.1. The smallest absolute Gasteiger partial charge is 0.256 e. The van der Waals surface area contributed by atoms with Crippen molar-refractivity contribution in [3.05, 3.63) is 0 Å². The minimum absolute atomic E-state index is 0.226. The first-order valence-electron chi connectivity index (χ1n) is 10.2. The molecular formula is C20H35N3O. The molecule has 136 valence electrons. The van der Waals surface area contributed by atoms with Gasteiger partial charge in [-0.2, -0.15) is 0 Å². The van der Waals surface area contributed by atoms with E-state index in [1.165, 1.54) is 32.2 Å². The molecule has 3 aliphatic rings. The van der Waals surface area contributed by atoms with Gasteiger partial charge in [0.25, 0.3) is 5.91 Å². The lowest BCUT2D eigenvalue weighted by Gasteiger charge is -2.37. The molecule has 4 heteroatoms. The Kier molecular flexibility index (Phi) is 5.63. The number of hydrogen-bond acceptors (Lipinski definition) is 3. The minimum atomic E-state index is -0.431. The predicted molar refractivity (Wildman–Crippen MR) is 99.3 cm³/mol. The number of amidine groups is 1. The van der Waals surface area contributed by atoms with E-state index in [9.17, 15) is 4.79 Å². The number of likely N-dealkylation sites (tertiary alicyclic amines) is 1. The third-order valence-corrected chi connectivity index (χ3v) is 6.18. The molecule has 3 rings (SSSR count). The summed E-state index contributed by atoms with van der Waals surface area (Å²) in [4.78, 5) is 22.8. The van der Waals surface area contributed by atoms with Crippen LogP contribution >= 0.6 is 0 Å². The molecule has 1 amide bonds. The third kappa shape index (κ3) is 3.54. The quantitative estimate of drug-likeness (QED) is 0.740. The van der Waals surface area contributed by atoms with E-state index in [0.717, 1.165) is 56.9 Å². The number of aliphatic imine (C=N–C) groups is 1.